The van der Waals surface area contributed by atoms with Gasteiger partial charge in [0.05, 0.1) is 77.7 Å². The van der Waals surface area contributed by atoms with Crippen LogP contribution >= 0.6 is 0 Å². The standard InChI is InChI=1S/C56H80O26/c1-11-12-71-55(68)81-35-19-38(74-26(7)48(35)63)78-32-16-36(72-23(4)45(32)60)77-31-15-29-13-28-14-30(52(70-10)51(66)44(59)22(3)57)53(50(65)42(28)49(64)41(29)43(58)21(31)2)82-39-18-33(46(61)25(6)75-39)79-37-17-34(47(62)24(5)73-37)80-40-20-56(9,69)54(67)27(8)76-40/h11-13,15,22-27,30,32-40,44-48,52-54,57-64,67,69H,14,16-20H2,1-10H3/b12-11+/t22-,23-,24-,25-,26-,27-,30+,32-,33-,34-,35-,36+,37+,38+,39+,40+,44+,45-,46-,47+,48-,52+,53+,54-,56+/m1/s1. The lowest BCUT2D eigenvalue weighted by Gasteiger charge is -2.46. The van der Waals surface area contributed by atoms with Crippen molar-refractivity contribution in [3.8, 4) is 17.2 Å². The largest absolute Gasteiger partial charge is 0.513 e. The Morgan fingerprint density at radius 3 is 1.72 bits per heavy atom. The van der Waals surface area contributed by atoms with Crippen LogP contribution in [-0.2, 0) is 68.1 Å². The summed E-state index contributed by atoms with van der Waals surface area (Å²) in [6, 6.07) is 3.00. The number of methoxy groups -OCH3 is 1. The second-order valence-electron chi connectivity index (χ2n) is 22.6. The van der Waals surface area contributed by atoms with Gasteiger partial charge >= 0.3 is 6.16 Å². The van der Waals surface area contributed by atoms with Gasteiger partial charge in [-0.2, -0.15) is 0 Å². The van der Waals surface area contributed by atoms with Crippen molar-refractivity contribution in [1.82, 2.24) is 0 Å². The van der Waals surface area contributed by atoms with Crippen molar-refractivity contribution in [3.63, 3.8) is 0 Å². The summed E-state index contributed by atoms with van der Waals surface area (Å²) in [6.45, 7) is 13.6. The molecule has 1 aliphatic carbocycles. The van der Waals surface area contributed by atoms with Crippen molar-refractivity contribution >= 4 is 28.5 Å². The molecule has 82 heavy (non-hydrogen) atoms. The molecule has 0 bridgehead atoms. The Balaban J connectivity index is 1.03. The van der Waals surface area contributed by atoms with Gasteiger partial charge in [0.2, 0.25) is 6.29 Å². The molecule has 6 aliphatic rings. The molecule has 0 aromatic heterocycles. The molecule has 8 rings (SSSR count). The molecule has 26 heteroatoms. The van der Waals surface area contributed by atoms with E-state index in [1.807, 2.05) is 0 Å². The maximum absolute atomic E-state index is 15.1. The van der Waals surface area contributed by atoms with E-state index in [1.165, 1.54) is 53.0 Å². The van der Waals surface area contributed by atoms with Crippen molar-refractivity contribution in [2.75, 3.05) is 7.11 Å². The highest BCUT2D eigenvalue weighted by molar-refractivity contribution is 6.11. The number of allylic oxidation sites excluding steroid dienone is 1. The first-order valence-corrected chi connectivity index (χ1v) is 27.8. The van der Waals surface area contributed by atoms with E-state index in [-0.39, 0.29) is 71.7 Å². The summed E-state index contributed by atoms with van der Waals surface area (Å²) in [5.74, 6) is -4.19. The maximum atomic E-state index is 15.1. The Hall–Kier alpha value is -4.27. The number of aromatic hydroxyl groups is 2. The average molecular weight is 1170 g/mol. The third kappa shape index (κ3) is 13.5. The molecule has 5 fully saturated rings. The Bertz CT molecular complexity index is 2590. The molecule has 2 aromatic carbocycles. The third-order valence-corrected chi connectivity index (χ3v) is 16.4. The van der Waals surface area contributed by atoms with Crippen molar-refractivity contribution in [2.24, 2.45) is 5.92 Å². The Morgan fingerprint density at radius 2 is 1.20 bits per heavy atom. The number of fused-ring (bicyclic) bond motifs is 2. The monoisotopic (exact) mass is 1170 g/mol. The highest BCUT2D eigenvalue weighted by Crippen LogP contribution is 2.48. The van der Waals surface area contributed by atoms with E-state index in [1.54, 1.807) is 34.6 Å². The topological polar surface area (TPSA) is 374 Å². The summed E-state index contributed by atoms with van der Waals surface area (Å²) in [4.78, 5) is 41.3. The number of carbonyl (C=O) groups is 3. The molecule has 0 saturated carbocycles. The van der Waals surface area contributed by atoms with Crippen LogP contribution in [0.15, 0.2) is 24.5 Å². The van der Waals surface area contributed by atoms with E-state index >= 15 is 4.79 Å². The Labute approximate surface area is 473 Å². The summed E-state index contributed by atoms with van der Waals surface area (Å²) in [6.07, 6.45) is -26.3. The molecular formula is C56H80O26. The maximum Gasteiger partial charge on any atom is 0.513 e. The lowest BCUT2D eigenvalue weighted by Crippen LogP contribution is -2.58. The van der Waals surface area contributed by atoms with Crippen LogP contribution in [0.2, 0.25) is 0 Å². The van der Waals surface area contributed by atoms with Crippen molar-refractivity contribution in [3.05, 3.63) is 41.2 Å². The third-order valence-electron chi connectivity index (χ3n) is 16.4. The van der Waals surface area contributed by atoms with Crippen LogP contribution in [0.5, 0.6) is 17.2 Å². The summed E-state index contributed by atoms with van der Waals surface area (Å²) < 4.78 is 77.1. The lowest BCUT2D eigenvalue weighted by atomic mass is 9.75. The van der Waals surface area contributed by atoms with Gasteiger partial charge in [0.25, 0.3) is 0 Å². The zero-order chi connectivity index (χ0) is 60.0. The van der Waals surface area contributed by atoms with Crippen LogP contribution in [0.3, 0.4) is 0 Å². The number of carbonyl (C=O) groups excluding carboxylic acids is 3. The number of phenolic OH excluding ortho intramolecular Hbond substituents is 2. The number of hydrogen-bond donors (Lipinski definition) is 10. The second kappa shape index (κ2) is 26.1. The quantitative estimate of drug-likeness (QED) is 0.0791. The Kier molecular flexibility index (Phi) is 20.3. The first-order valence-electron chi connectivity index (χ1n) is 27.8. The number of Topliss-reactive ketones (excluding diaryl/α,β-unsaturated/α-hetero) is 2. The zero-order valence-electron chi connectivity index (χ0n) is 47.4. The predicted octanol–water partition coefficient (Wildman–Crippen LogP) is 1.45. The minimum atomic E-state index is -1.96. The normalized spacial score (nSPS) is 40.2. The molecule has 0 radical (unpaired) electrons. The van der Waals surface area contributed by atoms with E-state index in [9.17, 15) is 60.7 Å². The molecule has 5 aliphatic heterocycles. The summed E-state index contributed by atoms with van der Waals surface area (Å²) in [5, 5.41) is 111. The molecule has 10 N–H and O–H groups in total. The summed E-state index contributed by atoms with van der Waals surface area (Å²) in [7, 11) is 1.17. The van der Waals surface area contributed by atoms with Crippen LogP contribution in [0.25, 0.3) is 10.8 Å². The number of aliphatic hydroxyl groups is 8. The van der Waals surface area contributed by atoms with E-state index in [0.29, 0.717) is 0 Å². The smallest absolute Gasteiger partial charge is 0.507 e. The average Bonchev–Trinajstić information content (AvgIpc) is 1.57. The molecule has 0 amide bonds. The van der Waals surface area contributed by atoms with Gasteiger partial charge in [-0.1, -0.05) is 6.08 Å². The van der Waals surface area contributed by atoms with Gasteiger partial charge in [-0.3, -0.25) is 9.59 Å². The fourth-order valence-corrected chi connectivity index (χ4v) is 11.7. The minimum absolute atomic E-state index is 0.0676. The number of ether oxygens (including phenoxy) is 13. The van der Waals surface area contributed by atoms with Gasteiger partial charge in [-0.05, 0) is 91.8 Å². The highest BCUT2D eigenvalue weighted by Gasteiger charge is 2.52. The molecule has 26 nitrogen and oxygen atoms in total. The molecule has 0 spiro atoms. The van der Waals surface area contributed by atoms with Crippen LogP contribution in [0.4, 0.5) is 4.79 Å². The molecule has 5 heterocycles. The number of ketones is 2. The predicted molar refractivity (Wildman–Crippen MR) is 279 cm³/mol. The summed E-state index contributed by atoms with van der Waals surface area (Å²) >= 11 is 0. The molecule has 2 aromatic rings. The van der Waals surface area contributed by atoms with Gasteiger partial charge in [-0.25, -0.2) is 4.79 Å². The number of aliphatic hydroxyl groups excluding tert-OH is 7. The van der Waals surface area contributed by atoms with Gasteiger partial charge in [0.15, 0.2) is 36.7 Å². The SMILES string of the molecule is C/C=C/OC(=O)O[C@@H]1C[C@H](O[C@@H]2C[C@H](Oc3cc4cc5c(c(O)c4c(O)c3C)C(=O)[C@@H](O[C@H]3C[C@@H](O[C@H]4C[C@@H](O[C@H]6C[C@](C)(O)[C@H](O)[C@@H](C)O6)[C@@H](O)[C@@H](C)O4)[C@H](O)[C@@H](C)O3)[C@H]([C@H](OC)C(=O)[C@@H](O)[C@@H](C)O)C5)O[C@H](C)[C@H]2O)O[C@H](C)[C@H]1O. The minimum Gasteiger partial charge on any atom is -0.507 e. The highest BCUT2D eigenvalue weighted by atomic mass is 16.8. The van der Waals surface area contributed by atoms with Crippen molar-refractivity contribution in [1.29, 1.82) is 0 Å². The van der Waals surface area contributed by atoms with Crippen LogP contribution < -0.4 is 4.74 Å². The van der Waals surface area contributed by atoms with E-state index < -0.39 is 182 Å². The number of benzene rings is 2. The Morgan fingerprint density at radius 1 is 0.707 bits per heavy atom. The van der Waals surface area contributed by atoms with Crippen LogP contribution in [0, 0.1) is 12.8 Å². The first-order chi connectivity index (χ1) is 38.6. The fourth-order valence-electron chi connectivity index (χ4n) is 11.7. The molecule has 460 valence electrons. The molecule has 5 saturated heterocycles. The van der Waals surface area contributed by atoms with Gasteiger partial charge in [0.1, 0.15) is 72.2 Å². The molecule has 0 unspecified atom stereocenters. The van der Waals surface area contributed by atoms with Gasteiger partial charge in [-0.15, -0.1) is 0 Å². The first kappa shape index (κ1) is 63.7. The molecular weight excluding hydrogens is 1090 g/mol. The fraction of sp³-hybridized carbons (Fsp3) is 0.732. The number of rotatable bonds is 17. The van der Waals surface area contributed by atoms with Crippen LogP contribution in [-0.4, -0.2) is 223 Å². The molecule has 25 atom stereocenters. The lowest BCUT2D eigenvalue weighted by molar-refractivity contribution is -0.334. The zero-order valence-corrected chi connectivity index (χ0v) is 47.4. The van der Waals surface area contributed by atoms with E-state index in [4.69, 9.17) is 61.6 Å². The summed E-state index contributed by atoms with van der Waals surface area (Å²) in [5.41, 5.74) is -1.54. The number of phenols is 2. The van der Waals surface area contributed by atoms with E-state index in [2.05, 4.69) is 0 Å². The van der Waals surface area contributed by atoms with Crippen molar-refractivity contribution in [2.45, 2.75) is 248 Å². The van der Waals surface area contributed by atoms with Crippen LogP contribution in [0.1, 0.15) is 109 Å². The van der Waals surface area contributed by atoms with Gasteiger partial charge < -0.3 is 113 Å². The van der Waals surface area contributed by atoms with E-state index in [0.717, 1.165) is 6.26 Å². The number of hydrogen-bond acceptors (Lipinski definition) is 26. The second-order valence-corrected chi connectivity index (χ2v) is 22.6. The van der Waals surface area contributed by atoms with Gasteiger partial charge in [0, 0.05) is 50.7 Å². The van der Waals surface area contributed by atoms with Crippen molar-refractivity contribution < 1.29 is 127 Å².